The molecule has 3 fully saturated rings. The Balaban J connectivity index is 2.03. The van der Waals surface area contributed by atoms with Gasteiger partial charge in [0.25, 0.3) is 0 Å². The van der Waals surface area contributed by atoms with Gasteiger partial charge in [-0.25, -0.2) is 0 Å². The number of hydrogen-bond donors (Lipinski definition) is 0. The minimum absolute atomic E-state index is 0.130. The number of Topliss-reactive ketones (excluding diaryl/α,β-unsaturated/α-hetero) is 2. The van der Waals surface area contributed by atoms with Gasteiger partial charge in [0.15, 0.2) is 0 Å². The van der Waals surface area contributed by atoms with Crippen molar-refractivity contribution in [2.75, 3.05) is 0 Å². The van der Waals surface area contributed by atoms with Crippen LogP contribution in [0.2, 0.25) is 0 Å². The van der Waals surface area contributed by atoms with Crippen molar-refractivity contribution in [3.63, 3.8) is 0 Å². The van der Waals surface area contributed by atoms with E-state index in [2.05, 4.69) is 6.92 Å². The average Bonchev–Trinajstić information content (AvgIpc) is 1.96. The number of carbonyl (C=O) groups is 2. The highest BCUT2D eigenvalue weighted by Gasteiger charge is 2.62. The van der Waals surface area contributed by atoms with E-state index in [9.17, 15) is 9.59 Å². The maximum atomic E-state index is 11.6. The van der Waals surface area contributed by atoms with Crippen LogP contribution < -0.4 is 0 Å². The zero-order valence-electron chi connectivity index (χ0n) is 7.88. The van der Waals surface area contributed by atoms with Crippen LogP contribution in [-0.2, 0) is 9.59 Å². The van der Waals surface area contributed by atoms with Gasteiger partial charge in [0.2, 0.25) is 0 Å². The minimum Gasteiger partial charge on any atom is -0.299 e. The van der Waals surface area contributed by atoms with E-state index in [1.54, 1.807) is 0 Å². The van der Waals surface area contributed by atoms with Gasteiger partial charge >= 0.3 is 0 Å². The third-order valence-corrected chi connectivity index (χ3v) is 4.58. The first-order chi connectivity index (χ1) is 6.12. The second-order valence-corrected chi connectivity index (χ2v) is 5.24. The zero-order valence-corrected chi connectivity index (χ0v) is 7.88. The SMILES string of the molecule is C[C@]12CCC(=O)C3C(C[C@H]31)C(=O)C2. The predicted octanol–water partition coefficient (Wildman–Crippen LogP) is 1.58. The van der Waals surface area contributed by atoms with Crippen molar-refractivity contribution in [1.29, 1.82) is 0 Å². The lowest BCUT2D eigenvalue weighted by molar-refractivity contribution is -0.172. The summed E-state index contributed by atoms with van der Waals surface area (Å²) in [6.07, 6.45) is 3.42. The van der Waals surface area contributed by atoms with Crippen LogP contribution in [0.1, 0.15) is 32.6 Å². The Morgan fingerprint density at radius 2 is 2.08 bits per heavy atom. The Morgan fingerprint density at radius 3 is 2.77 bits per heavy atom. The summed E-state index contributed by atoms with van der Waals surface area (Å²) in [6, 6.07) is 0. The number of carbonyl (C=O) groups excluding carboxylic acids is 2. The molecule has 2 heteroatoms. The van der Waals surface area contributed by atoms with Crippen molar-refractivity contribution in [1.82, 2.24) is 0 Å². The fraction of sp³-hybridized carbons (Fsp3) is 0.818. The molecular weight excluding hydrogens is 164 g/mol. The molecule has 3 aliphatic rings. The van der Waals surface area contributed by atoms with E-state index < -0.39 is 0 Å². The summed E-state index contributed by atoms with van der Waals surface area (Å²) in [4.78, 5) is 23.2. The molecule has 4 atom stereocenters. The van der Waals surface area contributed by atoms with Gasteiger partial charge in [-0.05, 0) is 24.2 Å². The maximum Gasteiger partial charge on any atom is 0.137 e. The van der Waals surface area contributed by atoms with E-state index in [1.165, 1.54) is 0 Å². The van der Waals surface area contributed by atoms with Crippen molar-refractivity contribution in [3.8, 4) is 0 Å². The van der Waals surface area contributed by atoms with Gasteiger partial charge in [-0.15, -0.1) is 0 Å². The highest BCUT2D eigenvalue weighted by atomic mass is 16.1. The number of ketones is 2. The molecule has 3 rings (SSSR count). The Kier molecular flexibility index (Phi) is 1.21. The summed E-state index contributed by atoms with van der Waals surface area (Å²) < 4.78 is 0. The van der Waals surface area contributed by atoms with Crippen LogP contribution >= 0.6 is 0 Å². The fourth-order valence-corrected chi connectivity index (χ4v) is 3.66. The van der Waals surface area contributed by atoms with Gasteiger partial charge in [0, 0.05) is 24.7 Å². The molecule has 4 bridgehead atoms. The van der Waals surface area contributed by atoms with E-state index in [0.717, 1.165) is 25.7 Å². The third kappa shape index (κ3) is 0.749. The lowest BCUT2D eigenvalue weighted by Crippen LogP contribution is -2.61. The standard InChI is InChI=1S/C11H14O2/c1-11-3-2-8(12)10-6(4-7(10)11)9(13)5-11/h6-7,10H,2-5H2,1H3/t6?,7-,10?,11-/m1/s1. The Labute approximate surface area is 77.7 Å². The average molecular weight is 178 g/mol. The Hall–Kier alpha value is -0.660. The molecule has 0 amide bonds. The van der Waals surface area contributed by atoms with Crippen molar-refractivity contribution < 1.29 is 9.59 Å². The van der Waals surface area contributed by atoms with Crippen molar-refractivity contribution in [2.24, 2.45) is 23.2 Å². The van der Waals surface area contributed by atoms with Crippen molar-refractivity contribution >= 4 is 11.6 Å². The van der Waals surface area contributed by atoms with Crippen LogP contribution in [0, 0.1) is 23.2 Å². The topological polar surface area (TPSA) is 34.1 Å². The van der Waals surface area contributed by atoms with Crippen LogP contribution in [0.25, 0.3) is 0 Å². The molecule has 0 aromatic carbocycles. The van der Waals surface area contributed by atoms with E-state index in [1.807, 2.05) is 0 Å². The molecule has 3 aliphatic carbocycles. The molecule has 2 unspecified atom stereocenters. The molecule has 70 valence electrons. The van der Waals surface area contributed by atoms with E-state index in [-0.39, 0.29) is 17.3 Å². The number of rotatable bonds is 0. The van der Waals surface area contributed by atoms with Gasteiger partial charge in [0.05, 0.1) is 0 Å². The summed E-state index contributed by atoms with van der Waals surface area (Å²) in [7, 11) is 0. The lowest BCUT2D eigenvalue weighted by atomic mass is 9.42. The third-order valence-electron chi connectivity index (χ3n) is 4.58. The van der Waals surface area contributed by atoms with Crippen molar-refractivity contribution in [2.45, 2.75) is 32.6 Å². The van der Waals surface area contributed by atoms with E-state index in [4.69, 9.17) is 0 Å². The molecule has 0 spiro atoms. The Morgan fingerprint density at radius 1 is 1.31 bits per heavy atom. The second kappa shape index (κ2) is 2.05. The van der Waals surface area contributed by atoms with Crippen LogP contribution in [-0.4, -0.2) is 11.6 Å². The van der Waals surface area contributed by atoms with Gasteiger partial charge in [0.1, 0.15) is 11.6 Å². The molecule has 2 nitrogen and oxygen atoms in total. The largest absolute Gasteiger partial charge is 0.299 e. The number of hydrogen-bond acceptors (Lipinski definition) is 2. The summed E-state index contributed by atoms with van der Waals surface area (Å²) in [5.41, 5.74) is 0.185. The summed E-state index contributed by atoms with van der Waals surface area (Å²) in [6.45, 7) is 2.20. The van der Waals surface area contributed by atoms with Crippen LogP contribution in [0.5, 0.6) is 0 Å². The fourth-order valence-electron chi connectivity index (χ4n) is 3.66. The normalized spacial score (nSPS) is 53.2. The quantitative estimate of drug-likeness (QED) is 0.564. The Bertz CT molecular complexity index is 307. The first-order valence-corrected chi connectivity index (χ1v) is 5.17. The lowest BCUT2D eigenvalue weighted by Gasteiger charge is -2.60. The van der Waals surface area contributed by atoms with Gasteiger partial charge < -0.3 is 0 Å². The molecule has 3 saturated carbocycles. The molecule has 0 radical (unpaired) electrons. The predicted molar refractivity (Wildman–Crippen MR) is 47.1 cm³/mol. The van der Waals surface area contributed by atoms with E-state index in [0.29, 0.717) is 17.5 Å². The van der Waals surface area contributed by atoms with Crippen LogP contribution in [0.3, 0.4) is 0 Å². The van der Waals surface area contributed by atoms with Gasteiger partial charge in [-0.1, -0.05) is 6.92 Å². The maximum absolute atomic E-state index is 11.6. The summed E-state index contributed by atoms with van der Waals surface area (Å²) in [5.74, 6) is 1.55. The molecule has 13 heavy (non-hydrogen) atoms. The molecule has 0 aromatic heterocycles. The highest BCUT2D eigenvalue weighted by molar-refractivity contribution is 5.95. The van der Waals surface area contributed by atoms with E-state index >= 15 is 0 Å². The van der Waals surface area contributed by atoms with Crippen molar-refractivity contribution in [3.05, 3.63) is 0 Å². The van der Waals surface area contributed by atoms with Gasteiger partial charge in [-0.3, -0.25) is 9.59 Å². The van der Waals surface area contributed by atoms with Crippen LogP contribution in [0.4, 0.5) is 0 Å². The second-order valence-electron chi connectivity index (χ2n) is 5.24. The summed E-state index contributed by atoms with van der Waals surface area (Å²) in [5, 5.41) is 0. The van der Waals surface area contributed by atoms with Crippen LogP contribution in [0.15, 0.2) is 0 Å². The summed E-state index contributed by atoms with van der Waals surface area (Å²) >= 11 is 0. The molecule has 0 saturated heterocycles. The highest BCUT2D eigenvalue weighted by Crippen LogP contribution is 2.62. The minimum atomic E-state index is 0.130. The first kappa shape index (κ1) is 7.72. The smallest absolute Gasteiger partial charge is 0.137 e. The monoisotopic (exact) mass is 178 g/mol. The van der Waals surface area contributed by atoms with Gasteiger partial charge in [-0.2, -0.15) is 0 Å². The molecule has 0 aliphatic heterocycles. The zero-order chi connectivity index (χ0) is 9.22. The molecular formula is C11H14O2. The molecule has 0 heterocycles. The molecule has 0 aromatic rings. The first-order valence-electron chi connectivity index (χ1n) is 5.17. The molecule has 0 N–H and O–H groups in total.